The summed E-state index contributed by atoms with van der Waals surface area (Å²) in [7, 11) is -4.48. The van der Waals surface area contributed by atoms with E-state index in [0.29, 0.717) is 12.8 Å². The summed E-state index contributed by atoms with van der Waals surface area (Å²) in [5, 5.41) is 34.5. The minimum atomic E-state index is -4.48. The molecular weight excluding hydrogens is 533 g/mol. The van der Waals surface area contributed by atoms with Crippen molar-refractivity contribution in [2.24, 2.45) is 5.92 Å². The van der Waals surface area contributed by atoms with Crippen molar-refractivity contribution in [2.75, 3.05) is 6.61 Å². The molecule has 39 heavy (non-hydrogen) atoms. The van der Waals surface area contributed by atoms with Gasteiger partial charge in [-0.2, -0.15) is 5.09 Å². The maximum atomic E-state index is 14.0. The zero-order valence-corrected chi connectivity index (χ0v) is 22.0. The van der Waals surface area contributed by atoms with Gasteiger partial charge in [0.2, 0.25) is 0 Å². The highest BCUT2D eigenvalue weighted by atomic mass is 31.2. The van der Waals surface area contributed by atoms with Crippen LogP contribution in [0.15, 0.2) is 52.2 Å². The molecule has 0 radical (unpaired) electrons. The molecule has 6 atom stereocenters. The molecule has 4 rings (SSSR count). The van der Waals surface area contributed by atoms with Crippen LogP contribution in [0.5, 0.6) is 5.75 Å². The number of aromatic amines is 1. The van der Waals surface area contributed by atoms with E-state index < -0.39 is 61.1 Å². The average molecular weight is 564 g/mol. The second kappa shape index (κ2) is 11.1. The minimum Gasteiger partial charge on any atom is -0.480 e. The van der Waals surface area contributed by atoms with Crippen molar-refractivity contribution >= 4 is 13.7 Å². The molecule has 13 nitrogen and oxygen atoms in total. The Morgan fingerprint density at radius 1 is 1.31 bits per heavy atom. The molecule has 2 aromatic rings. The van der Waals surface area contributed by atoms with Crippen LogP contribution in [0.4, 0.5) is 0 Å². The maximum absolute atomic E-state index is 14.0. The van der Waals surface area contributed by atoms with Gasteiger partial charge in [-0.05, 0) is 37.8 Å². The standard InChI is InChI=1S/C25H30N3O10P/c1-3-25(34)20(30)18(37-21(25)28-14-13-19(29)26-23(28)33)15-36-39(35,38-17-11-5-4-6-12-17)27-24(2,22(31)32)16-9-7-8-10-16/h1,4-6,11-14,16,18,20-21,30,34H,7-10,15H2,2H3,(H,27,35)(H,31,32)(H,26,29,33)/t18-,20-,21-,24?,25-,39?/m1/s1. The predicted molar refractivity (Wildman–Crippen MR) is 137 cm³/mol. The highest BCUT2D eigenvalue weighted by molar-refractivity contribution is 7.52. The number of aromatic nitrogens is 2. The SMILES string of the molecule is C#C[C@@]1(O)[C@H](O)[C@@H](COP(=O)(NC(C)(C(=O)O)C2CCCC2)Oc2ccccc2)O[C@H]1n1ccc(=O)[nH]c1=O. The van der Waals surface area contributed by atoms with Gasteiger partial charge in [0, 0.05) is 12.3 Å². The van der Waals surface area contributed by atoms with Crippen LogP contribution in [-0.4, -0.2) is 60.8 Å². The van der Waals surface area contributed by atoms with Gasteiger partial charge in [0.05, 0.1) is 6.61 Å². The van der Waals surface area contributed by atoms with Crippen LogP contribution >= 0.6 is 7.75 Å². The van der Waals surface area contributed by atoms with Gasteiger partial charge in [0.25, 0.3) is 5.56 Å². The normalized spacial score (nSPS) is 28.3. The summed E-state index contributed by atoms with van der Waals surface area (Å²) in [6, 6.07) is 8.95. The van der Waals surface area contributed by atoms with Gasteiger partial charge in [-0.3, -0.25) is 23.7 Å². The molecule has 1 saturated carbocycles. The van der Waals surface area contributed by atoms with Gasteiger partial charge >= 0.3 is 19.4 Å². The number of hydrogen-bond acceptors (Lipinski definition) is 9. The summed E-state index contributed by atoms with van der Waals surface area (Å²) in [6.07, 6.45) is 4.42. The number of aliphatic hydroxyl groups is 2. The van der Waals surface area contributed by atoms with Crippen molar-refractivity contribution in [3.8, 4) is 18.1 Å². The van der Waals surface area contributed by atoms with E-state index in [1.165, 1.54) is 19.1 Å². The molecule has 0 amide bonds. The number of H-pyrrole nitrogens is 1. The first kappa shape index (κ1) is 28.8. The Balaban J connectivity index is 1.62. The first-order valence-electron chi connectivity index (χ1n) is 12.3. The molecular formula is C25H30N3O10P. The third-order valence-corrected chi connectivity index (χ3v) is 8.86. The summed E-state index contributed by atoms with van der Waals surface area (Å²) in [6.45, 7) is 0.726. The van der Waals surface area contributed by atoms with Crippen molar-refractivity contribution in [3.63, 3.8) is 0 Å². The fourth-order valence-electron chi connectivity index (χ4n) is 4.92. The van der Waals surface area contributed by atoms with Gasteiger partial charge in [-0.15, -0.1) is 6.42 Å². The van der Waals surface area contributed by atoms with Gasteiger partial charge in [0.15, 0.2) is 11.8 Å². The molecule has 1 aliphatic carbocycles. The van der Waals surface area contributed by atoms with Crippen LogP contribution in [0.25, 0.3) is 0 Å². The van der Waals surface area contributed by atoms with Gasteiger partial charge in [-0.1, -0.05) is 37.0 Å². The number of rotatable bonds is 10. The second-order valence-electron chi connectivity index (χ2n) is 9.76. The molecule has 210 valence electrons. The van der Waals surface area contributed by atoms with Gasteiger partial charge in [0.1, 0.15) is 23.5 Å². The van der Waals surface area contributed by atoms with Crippen LogP contribution in [0.1, 0.15) is 38.8 Å². The number of nitrogens with one attached hydrogen (secondary N) is 2. The molecule has 2 fully saturated rings. The number of aliphatic carboxylic acids is 1. The Kier molecular flexibility index (Phi) is 8.18. The highest BCUT2D eigenvalue weighted by Crippen LogP contribution is 2.50. The number of carbonyl (C=O) groups is 1. The molecule has 1 saturated heterocycles. The van der Waals surface area contributed by atoms with Crippen LogP contribution in [-0.2, 0) is 18.6 Å². The molecule has 0 bridgehead atoms. The van der Waals surface area contributed by atoms with Crippen LogP contribution in [0, 0.1) is 18.3 Å². The smallest absolute Gasteiger partial charge is 0.459 e. The summed E-state index contributed by atoms with van der Waals surface area (Å²) >= 11 is 0. The Morgan fingerprint density at radius 3 is 2.56 bits per heavy atom. The second-order valence-corrected chi connectivity index (χ2v) is 11.4. The largest absolute Gasteiger partial charge is 0.480 e. The lowest BCUT2D eigenvalue weighted by Crippen LogP contribution is -2.54. The van der Waals surface area contributed by atoms with E-state index in [4.69, 9.17) is 20.2 Å². The van der Waals surface area contributed by atoms with E-state index >= 15 is 0 Å². The lowest BCUT2D eigenvalue weighted by Gasteiger charge is -2.35. The number of carboxylic acids is 1. The quantitative estimate of drug-likeness (QED) is 0.205. The minimum absolute atomic E-state index is 0.123. The first-order chi connectivity index (χ1) is 18.4. The molecule has 2 aliphatic rings. The van der Waals surface area contributed by atoms with Gasteiger partial charge < -0.3 is 24.6 Å². The predicted octanol–water partition coefficient (Wildman–Crippen LogP) is 0.986. The molecule has 1 aliphatic heterocycles. The van der Waals surface area contributed by atoms with Crippen molar-refractivity contribution in [3.05, 3.63) is 63.4 Å². The summed E-state index contributed by atoms with van der Waals surface area (Å²) in [5.41, 5.74) is -5.77. The van der Waals surface area contributed by atoms with E-state index in [-0.39, 0.29) is 11.7 Å². The molecule has 1 aromatic heterocycles. The molecule has 2 heterocycles. The summed E-state index contributed by atoms with van der Waals surface area (Å²) < 4.78 is 31.8. The third-order valence-electron chi connectivity index (χ3n) is 7.18. The molecule has 0 spiro atoms. The first-order valence-corrected chi connectivity index (χ1v) is 13.8. The number of aliphatic hydroxyl groups excluding tert-OH is 1. The highest BCUT2D eigenvalue weighted by Gasteiger charge is 2.57. The molecule has 2 unspecified atom stereocenters. The van der Waals surface area contributed by atoms with E-state index in [2.05, 4.69) is 5.09 Å². The average Bonchev–Trinajstić information content (AvgIpc) is 3.52. The number of hydrogen-bond donors (Lipinski definition) is 5. The van der Waals surface area contributed by atoms with Gasteiger partial charge in [-0.25, -0.2) is 9.36 Å². The number of ether oxygens (including phenoxy) is 1. The fraction of sp³-hybridized carbons (Fsp3) is 0.480. The lowest BCUT2D eigenvalue weighted by molar-refractivity contribution is -0.145. The van der Waals surface area contributed by atoms with Crippen molar-refractivity contribution < 1.29 is 38.5 Å². The van der Waals surface area contributed by atoms with E-state index in [1.807, 2.05) is 10.9 Å². The third kappa shape index (κ3) is 5.72. The Labute approximate surface area is 223 Å². The molecule has 5 N–H and O–H groups in total. The molecule has 14 heteroatoms. The number of terminal acetylenes is 1. The number of para-hydroxylation sites is 1. The monoisotopic (exact) mass is 563 g/mol. The van der Waals surface area contributed by atoms with Crippen LogP contribution in [0.3, 0.4) is 0 Å². The van der Waals surface area contributed by atoms with Crippen molar-refractivity contribution in [2.45, 2.75) is 62.2 Å². The maximum Gasteiger partial charge on any atom is 0.459 e. The summed E-state index contributed by atoms with van der Waals surface area (Å²) in [4.78, 5) is 38.1. The molecule has 1 aromatic carbocycles. The van der Waals surface area contributed by atoms with Crippen LogP contribution in [0.2, 0.25) is 0 Å². The zero-order chi connectivity index (χ0) is 28.4. The van der Waals surface area contributed by atoms with Crippen LogP contribution < -0.4 is 20.9 Å². The fourth-order valence-corrected chi connectivity index (χ4v) is 6.68. The number of nitrogens with zero attached hydrogens (tertiary/aromatic N) is 1. The van der Waals surface area contributed by atoms with E-state index in [0.717, 1.165) is 29.7 Å². The van der Waals surface area contributed by atoms with Crippen molar-refractivity contribution in [1.82, 2.24) is 14.6 Å². The Hall–Kier alpha value is -3.24. The zero-order valence-electron chi connectivity index (χ0n) is 21.1. The Morgan fingerprint density at radius 2 is 1.97 bits per heavy atom. The Bertz CT molecular complexity index is 1400. The number of carboxylic acid groups (broad SMARTS) is 1. The topological polar surface area (TPSA) is 189 Å². The van der Waals surface area contributed by atoms with E-state index in [9.17, 15) is 34.3 Å². The summed E-state index contributed by atoms with van der Waals surface area (Å²) in [5.74, 6) is 0.538. The number of benzene rings is 1. The van der Waals surface area contributed by atoms with E-state index in [1.54, 1.807) is 18.2 Å². The lowest BCUT2D eigenvalue weighted by atomic mass is 9.85. The van der Waals surface area contributed by atoms with Crippen molar-refractivity contribution in [1.29, 1.82) is 0 Å².